The standard InChI is InChI=1S/C14H25N2/c1-6-7-11-15(2)13-9-8-10-14(12-13)16(3,4)5/h8-10,12H,6-7,11H2,1-5H3/q+1. The summed E-state index contributed by atoms with van der Waals surface area (Å²) >= 11 is 0. The summed E-state index contributed by atoms with van der Waals surface area (Å²) in [5.74, 6) is 0. The predicted molar refractivity (Wildman–Crippen MR) is 74.2 cm³/mol. The van der Waals surface area contributed by atoms with Gasteiger partial charge in [0, 0.05) is 25.3 Å². The van der Waals surface area contributed by atoms with Crippen LogP contribution in [0.1, 0.15) is 19.8 Å². The van der Waals surface area contributed by atoms with Gasteiger partial charge in [0.25, 0.3) is 0 Å². The maximum absolute atomic E-state index is 2.34. The van der Waals surface area contributed by atoms with Gasteiger partial charge in [0.2, 0.25) is 0 Å². The third-order valence-electron chi connectivity index (χ3n) is 2.89. The Kier molecular flexibility index (Phi) is 4.36. The molecule has 0 N–H and O–H groups in total. The lowest BCUT2D eigenvalue weighted by Crippen LogP contribution is -2.34. The van der Waals surface area contributed by atoms with Crippen molar-refractivity contribution < 1.29 is 0 Å². The van der Waals surface area contributed by atoms with Crippen molar-refractivity contribution in [2.75, 3.05) is 39.6 Å². The molecule has 0 aromatic heterocycles. The van der Waals surface area contributed by atoms with Gasteiger partial charge in [-0.3, -0.25) is 4.48 Å². The minimum atomic E-state index is 0.870. The molecule has 0 atom stereocenters. The zero-order chi connectivity index (χ0) is 12.2. The number of nitrogens with zero attached hydrogens (tertiary/aromatic N) is 2. The normalized spacial score (nSPS) is 11.6. The zero-order valence-electron chi connectivity index (χ0n) is 11.3. The van der Waals surface area contributed by atoms with Crippen LogP contribution in [-0.4, -0.2) is 34.7 Å². The number of benzene rings is 1. The van der Waals surface area contributed by atoms with E-state index in [9.17, 15) is 0 Å². The van der Waals surface area contributed by atoms with Crippen LogP contribution in [0.25, 0.3) is 0 Å². The Hall–Kier alpha value is -1.02. The highest BCUT2D eigenvalue weighted by molar-refractivity contribution is 5.56. The van der Waals surface area contributed by atoms with Crippen LogP contribution in [0.4, 0.5) is 11.4 Å². The molecule has 1 aromatic carbocycles. The minimum absolute atomic E-state index is 0.870. The molecule has 0 fully saturated rings. The topological polar surface area (TPSA) is 3.24 Å². The fourth-order valence-corrected chi connectivity index (χ4v) is 1.67. The number of hydrogen-bond acceptors (Lipinski definition) is 1. The molecule has 0 aliphatic rings. The van der Waals surface area contributed by atoms with Crippen molar-refractivity contribution in [1.29, 1.82) is 0 Å². The highest BCUT2D eigenvalue weighted by Crippen LogP contribution is 2.23. The van der Waals surface area contributed by atoms with Gasteiger partial charge in [-0.1, -0.05) is 19.4 Å². The molecule has 1 rings (SSSR count). The second-order valence-electron chi connectivity index (χ2n) is 5.31. The van der Waals surface area contributed by atoms with E-state index in [4.69, 9.17) is 0 Å². The molecule has 0 saturated heterocycles. The highest BCUT2D eigenvalue weighted by Gasteiger charge is 2.13. The van der Waals surface area contributed by atoms with Crippen LogP contribution in [0.2, 0.25) is 0 Å². The number of hydrogen-bond donors (Lipinski definition) is 0. The first-order chi connectivity index (χ1) is 7.45. The Balaban J connectivity index is 2.82. The van der Waals surface area contributed by atoms with Crippen LogP contribution in [0, 0.1) is 0 Å². The molecule has 0 aliphatic carbocycles. The van der Waals surface area contributed by atoms with Crippen molar-refractivity contribution in [3.05, 3.63) is 24.3 Å². The summed E-state index contributed by atoms with van der Waals surface area (Å²) in [5.41, 5.74) is 2.67. The first kappa shape index (κ1) is 13.0. The lowest BCUT2D eigenvalue weighted by Gasteiger charge is -2.26. The van der Waals surface area contributed by atoms with Gasteiger partial charge in [0.15, 0.2) is 0 Å². The van der Waals surface area contributed by atoms with Gasteiger partial charge >= 0.3 is 0 Å². The van der Waals surface area contributed by atoms with E-state index in [2.05, 4.69) is 64.3 Å². The van der Waals surface area contributed by atoms with Gasteiger partial charge in [-0.05, 0) is 18.6 Å². The van der Waals surface area contributed by atoms with E-state index in [-0.39, 0.29) is 0 Å². The molecule has 0 bridgehead atoms. The first-order valence-electron chi connectivity index (χ1n) is 6.08. The predicted octanol–water partition coefficient (Wildman–Crippen LogP) is 3.12. The smallest absolute Gasteiger partial charge is 0.134 e. The van der Waals surface area contributed by atoms with E-state index in [0.717, 1.165) is 11.0 Å². The zero-order valence-corrected chi connectivity index (χ0v) is 11.3. The van der Waals surface area contributed by atoms with E-state index >= 15 is 0 Å². The lowest BCUT2D eigenvalue weighted by atomic mass is 10.2. The van der Waals surface area contributed by atoms with Crippen LogP contribution in [-0.2, 0) is 0 Å². The summed E-state index contributed by atoms with van der Waals surface area (Å²) in [6.45, 7) is 3.37. The Bertz CT molecular complexity index is 326. The van der Waals surface area contributed by atoms with E-state index in [1.165, 1.54) is 24.2 Å². The van der Waals surface area contributed by atoms with E-state index in [1.807, 2.05) is 0 Å². The Morgan fingerprint density at radius 3 is 2.44 bits per heavy atom. The molecule has 0 amide bonds. The maximum atomic E-state index is 2.34. The summed E-state index contributed by atoms with van der Waals surface area (Å²) in [5, 5.41) is 0. The maximum Gasteiger partial charge on any atom is 0.134 e. The van der Waals surface area contributed by atoms with Crippen LogP contribution < -0.4 is 9.38 Å². The van der Waals surface area contributed by atoms with Crippen LogP contribution in [0.5, 0.6) is 0 Å². The summed E-state index contributed by atoms with van der Waals surface area (Å²) < 4.78 is 0.870. The lowest BCUT2D eigenvalue weighted by molar-refractivity contribution is 0.486. The van der Waals surface area contributed by atoms with Crippen molar-refractivity contribution in [3.63, 3.8) is 0 Å². The monoisotopic (exact) mass is 221 g/mol. The average Bonchev–Trinajstić information content (AvgIpc) is 2.25. The molecule has 0 unspecified atom stereocenters. The van der Waals surface area contributed by atoms with E-state index < -0.39 is 0 Å². The molecule has 0 saturated carbocycles. The number of rotatable bonds is 5. The second kappa shape index (κ2) is 5.35. The molecular weight excluding hydrogens is 196 g/mol. The van der Waals surface area contributed by atoms with Gasteiger partial charge < -0.3 is 4.90 Å². The van der Waals surface area contributed by atoms with Gasteiger partial charge in [-0.25, -0.2) is 0 Å². The summed E-state index contributed by atoms with van der Waals surface area (Å²) in [6.07, 6.45) is 2.50. The van der Waals surface area contributed by atoms with Gasteiger partial charge in [0.05, 0.1) is 21.1 Å². The molecule has 0 spiro atoms. The fraction of sp³-hybridized carbons (Fsp3) is 0.571. The van der Waals surface area contributed by atoms with E-state index in [0.29, 0.717) is 0 Å². The summed E-state index contributed by atoms with van der Waals surface area (Å²) in [4.78, 5) is 2.34. The van der Waals surface area contributed by atoms with Crippen molar-refractivity contribution in [2.45, 2.75) is 19.8 Å². The van der Waals surface area contributed by atoms with E-state index in [1.54, 1.807) is 0 Å². The van der Waals surface area contributed by atoms with Crippen molar-refractivity contribution in [3.8, 4) is 0 Å². The SMILES string of the molecule is CCCCN(C)c1cccc([N+](C)(C)C)c1. The van der Waals surface area contributed by atoms with Gasteiger partial charge in [0.1, 0.15) is 5.69 Å². The summed E-state index contributed by atoms with van der Waals surface area (Å²) in [7, 11) is 8.77. The molecule has 1 aromatic rings. The molecular formula is C14H25N2+. The quantitative estimate of drug-likeness (QED) is 0.691. The molecule has 0 aliphatic heterocycles. The number of unbranched alkanes of at least 4 members (excludes halogenated alkanes) is 1. The largest absolute Gasteiger partial charge is 0.374 e. The Labute approximate surface area is 100 Å². The van der Waals surface area contributed by atoms with Crippen LogP contribution in [0.15, 0.2) is 24.3 Å². The minimum Gasteiger partial charge on any atom is -0.374 e. The molecule has 0 heterocycles. The van der Waals surface area contributed by atoms with Gasteiger partial charge in [-0.2, -0.15) is 0 Å². The average molecular weight is 221 g/mol. The van der Waals surface area contributed by atoms with Crippen molar-refractivity contribution in [2.24, 2.45) is 0 Å². The van der Waals surface area contributed by atoms with Crippen molar-refractivity contribution >= 4 is 11.4 Å². The second-order valence-corrected chi connectivity index (χ2v) is 5.31. The highest BCUT2D eigenvalue weighted by atomic mass is 15.3. The van der Waals surface area contributed by atoms with Crippen LogP contribution >= 0.6 is 0 Å². The third kappa shape index (κ3) is 3.53. The number of anilines is 1. The molecule has 2 heteroatoms. The molecule has 2 nitrogen and oxygen atoms in total. The Morgan fingerprint density at radius 2 is 1.88 bits per heavy atom. The summed E-state index contributed by atoms with van der Waals surface area (Å²) in [6, 6.07) is 8.82. The first-order valence-corrected chi connectivity index (χ1v) is 6.08. The molecule has 90 valence electrons. The van der Waals surface area contributed by atoms with Crippen molar-refractivity contribution in [1.82, 2.24) is 4.48 Å². The molecule has 16 heavy (non-hydrogen) atoms. The van der Waals surface area contributed by atoms with Gasteiger partial charge in [-0.15, -0.1) is 0 Å². The third-order valence-corrected chi connectivity index (χ3v) is 2.89. The van der Waals surface area contributed by atoms with Crippen LogP contribution in [0.3, 0.4) is 0 Å². The Morgan fingerprint density at radius 1 is 1.19 bits per heavy atom. The fourth-order valence-electron chi connectivity index (χ4n) is 1.67. The molecule has 0 radical (unpaired) electrons. The number of quaternary nitrogens is 1.